The third-order valence-electron chi connectivity index (χ3n) is 4.41. The van der Waals surface area contributed by atoms with Crippen LogP contribution in [0.2, 0.25) is 0 Å². The number of aliphatic hydroxyl groups excluding tert-OH is 1. The van der Waals surface area contributed by atoms with E-state index in [4.69, 9.17) is 23.7 Å². The maximum Gasteiger partial charge on any atom is 0.183 e. The fourth-order valence-electron chi connectivity index (χ4n) is 2.77. The van der Waals surface area contributed by atoms with Crippen LogP contribution in [-0.4, -0.2) is 70.9 Å². The number of ether oxygens (including phenoxy) is 5. The van der Waals surface area contributed by atoms with Gasteiger partial charge in [-0.3, -0.25) is 0 Å². The molecule has 6 nitrogen and oxygen atoms in total. The Hall–Kier alpha value is -0.240. The molecule has 4 unspecified atom stereocenters. The molecule has 0 bridgehead atoms. The van der Waals surface area contributed by atoms with Crippen molar-refractivity contribution in [3.63, 3.8) is 0 Å². The SMILES string of the molecule is COCC(CC1OC(C(OC)OC)CC(O)C1(C)C)OC. The Balaban J connectivity index is 2.81. The summed E-state index contributed by atoms with van der Waals surface area (Å²) < 4.78 is 27.3. The van der Waals surface area contributed by atoms with Crippen LogP contribution in [0.4, 0.5) is 0 Å². The molecule has 0 aromatic heterocycles. The number of hydrogen-bond donors (Lipinski definition) is 1. The van der Waals surface area contributed by atoms with Crippen LogP contribution < -0.4 is 0 Å². The Kier molecular flexibility index (Phi) is 7.53. The Morgan fingerprint density at radius 3 is 2.24 bits per heavy atom. The number of methoxy groups -OCH3 is 4. The molecule has 1 N–H and O–H groups in total. The molecule has 4 atom stereocenters. The first-order valence-corrected chi connectivity index (χ1v) is 7.31. The van der Waals surface area contributed by atoms with E-state index in [1.807, 2.05) is 13.8 Å². The zero-order chi connectivity index (χ0) is 16.0. The summed E-state index contributed by atoms with van der Waals surface area (Å²) in [4.78, 5) is 0. The van der Waals surface area contributed by atoms with Gasteiger partial charge in [0.05, 0.1) is 24.9 Å². The smallest absolute Gasteiger partial charge is 0.183 e. The Morgan fingerprint density at radius 2 is 1.76 bits per heavy atom. The molecular formula is C15H30O6. The normalized spacial score (nSPS) is 30.6. The van der Waals surface area contributed by atoms with Gasteiger partial charge in [-0.2, -0.15) is 0 Å². The molecule has 6 heteroatoms. The maximum atomic E-state index is 10.5. The third-order valence-corrected chi connectivity index (χ3v) is 4.41. The summed E-state index contributed by atoms with van der Waals surface area (Å²) in [5.74, 6) is 0. The Labute approximate surface area is 127 Å². The second-order valence-corrected chi connectivity index (χ2v) is 6.12. The molecule has 126 valence electrons. The van der Waals surface area contributed by atoms with Crippen molar-refractivity contribution in [3.8, 4) is 0 Å². The minimum absolute atomic E-state index is 0.0752. The van der Waals surface area contributed by atoms with Crippen LogP contribution in [-0.2, 0) is 23.7 Å². The van der Waals surface area contributed by atoms with Crippen molar-refractivity contribution in [1.82, 2.24) is 0 Å². The van der Waals surface area contributed by atoms with Crippen LogP contribution >= 0.6 is 0 Å². The first-order valence-electron chi connectivity index (χ1n) is 7.31. The van der Waals surface area contributed by atoms with Gasteiger partial charge in [0.15, 0.2) is 6.29 Å². The first-order chi connectivity index (χ1) is 9.90. The molecule has 1 saturated heterocycles. The van der Waals surface area contributed by atoms with E-state index in [1.54, 1.807) is 28.4 Å². The molecule has 0 aromatic rings. The van der Waals surface area contributed by atoms with Gasteiger partial charge in [-0.25, -0.2) is 0 Å². The van der Waals surface area contributed by atoms with E-state index in [-0.39, 0.29) is 23.7 Å². The van der Waals surface area contributed by atoms with E-state index in [0.29, 0.717) is 19.4 Å². The average Bonchev–Trinajstić information content (AvgIpc) is 2.45. The topological polar surface area (TPSA) is 66.4 Å². The summed E-state index contributed by atoms with van der Waals surface area (Å²) in [6, 6.07) is 0. The van der Waals surface area contributed by atoms with Gasteiger partial charge in [0.25, 0.3) is 0 Å². The van der Waals surface area contributed by atoms with Crippen molar-refractivity contribution < 1.29 is 28.8 Å². The van der Waals surface area contributed by atoms with Gasteiger partial charge in [-0.1, -0.05) is 13.8 Å². The second kappa shape index (κ2) is 8.41. The highest BCUT2D eigenvalue weighted by atomic mass is 16.7. The largest absolute Gasteiger partial charge is 0.392 e. The number of hydrogen-bond acceptors (Lipinski definition) is 6. The average molecular weight is 306 g/mol. The quantitative estimate of drug-likeness (QED) is 0.680. The summed E-state index contributed by atoms with van der Waals surface area (Å²) >= 11 is 0. The fourth-order valence-corrected chi connectivity index (χ4v) is 2.77. The van der Waals surface area contributed by atoms with E-state index in [0.717, 1.165) is 0 Å². The highest BCUT2D eigenvalue weighted by Gasteiger charge is 2.47. The molecule has 1 rings (SSSR count). The lowest BCUT2D eigenvalue weighted by molar-refractivity contribution is -0.256. The van der Waals surface area contributed by atoms with Crippen LogP contribution in [0.5, 0.6) is 0 Å². The molecule has 0 spiro atoms. The summed E-state index contributed by atoms with van der Waals surface area (Å²) in [6.45, 7) is 4.50. The van der Waals surface area contributed by atoms with Crippen molar-refractivity contribution in [2.75, 3.05) is 35.0 Å². The molecular weight excluding hydrogens is 276 g/mol. The van der Waals surface area contributed by atoms with E-state index in [2.05, 4.69) is 0 Å². The van der Waals surface area contributed by atoms with Gasteiger partial charge in [0, 0.05) is 46.7 Å². The number of aliphatic hydroxyl groups is 1. The van der Waals surface area contributed by atoms with Crippen molar-refractivity contribution >= 4 is 0 Å². The van der Waals surface area contributed by atoms with E-state index in [1.165, 1.54) is 0 Å². The van der Waals surface area contributed by atoms with Crippen molar-refractivity contribution in [2.45, 2.75) is 57.4 Å². The van der Waals surface area contributed by atoms with Crippen LogP contribution in [0.1, 0.15) is 26.7 Å². The van der Waals surface area contributed by atoms with Gasteiger partial charge in [-0.15, -0.1) is 0 Å². The summed E-state index contributed by atoms with van der Waals surface area (Å²) in [6.07, 6.45) is -0.389. The monoisotopic (exact) mass is 306 g/mol. The molecule has 1 aliphatic heterocycles. The van der Waals surface area contributed by atoms with Crippen LogP contribution in [0.25, 0.3) is 0 Å². The van der Waals surface area contributed by atoms with Crippen LogP contribution in [0, 0.1) is 5.41 Å². The molecule has 0 aliphatic carbocycles. The molecule has 21 heavy (non-hydrogen) atoms. The fraction of sp³-hybridized carbons (Fsp3) is 1.00. The van der Waals surface area contributed by atoms with Crippen molar-refractivity contribution in [3.05, 3.63) is 0 Å². The highest BCUT2D eigenvalue weighted by Crippen LogP contribution is 2.40. The molecule has 1 heterocycles. The molecule has 1 fully saturated rings. The van der Waals surface area contributed by atoms with E-state index >= 15 is 0 Å². The minimum atomic E-state index is -0.492. The van der Waals surface area contributed by atoms with E-state index in [9.17, 15) is 5.11 Å². The summed E-state index contributed by atoms with van der Waals surface area (Å²) in [5, 5.41) is 10.5. The van der Waals surface area contributed by atoms with Gasteiger partial charge in [-0.05, 0) is 0 Å². The Morgan fingerprint density at radius 1 is 1.14 bits per heavy atom. The van der Waals surface area contributed by atoms with Crippen LogP contribution in [0.3, 0.4) is 0 Å². The van der Waals surface area contributed by atoms with Gasteiger partial charge < -0.3 is 28.8 Å². The summed E-state index contributed by atoms with van der Waals surface area (Å²) in [5.41, 5.74) is -0.368. The highest BCUT2D eigenvalue weighted by molar-refractivity contribution is 4.94. The predicted molar refractivity (Wildman–Crippen MR) is 78.2 cm³/mol. The van der Waals surface area contributed by atoms with Gasteiger partial charge >= 0.3 is 0 Å². The lowest BCUT2D eigenvalue weighted by Crippen LogP contribution is -2.54. The standard InChI is InChI=1S/C15H30O6/c1-15(2)12(16)8-11(14(19-5)20-6)21-13(15)7-10(18-4)9-17-3/h10-14,16H,7-9H2,1-6H3. The molecule has 0 radical (unpaired) electrons. The zero-order valence-corrected chi connectivity index (χ0v) is 14.0. The van der Waals surface area contributed by atoms with Gasteiger partial charge in [0.1, 0.15) is 6.10 Å². The lowest BCUT2D eigenvalue weighted by Gasteiger charge is -2.47. The lowest BCUT2D eigenvalue weighted by atomic mass is 9.74. The maximum absolute atomic E-state index is 10.5. The zero-order valence-electron chi connectivity index (χ0n) is 14.0. The van der Waals surface area contributed by atoms with Crippen molar-refractivity contribution in [2.24, 2.45) is 5.41 Å². The van der Waals surface area contributed by atoms with Gasteiger partial charge in [0.2, 0.25) is 0 Å². The van der Waals surface area contributed by atoms with Crippen LogP contribution in [0.15, 0.2) is 0 Å². The number of rotatable bonds is 8. The third kappa shape index (κ3) is 4.61. The van der Waals surface area contributed by atoms with E-state index < -0.39 is 12.4 Å². The minimum Gasteiger partial charge on any atom is -0.392 e. The molecule has 0 aromatic carbocycles. The summed E-state index contributed by atoms with van der Waals surface area (Å²) in [7, 11) is 6.44. The molecule has 0 amide bonds. The first kappa shape index (κ1) is 18.8. The van der Waals surface area contributed by atoms with Crippen molar-refractivity contribution in [1.29, 1.82) is 0 Å². The predicted octanol–water partition coefficient (Wildman–Crippen LogP) is 1.20. The molecule has 1 aliphatic rings. The second-order valence-electron chi connectivity index (χ2n) is 6.12. The Bertz CT molecular complexity index is 292. The molecule has 0 saturated carbocycles.